The summed E-state index contributed by atoms with van der Waals surface area (Å²) in [5.41, 5.74) is 1.27. The molecular weight excluding hydrogens is 310 g/mol. The van der Waals surface area contributed by atoms with Gasteiger partial charge >= 0.3 is 0 Å². The Labute approximate surface area is 119 Å². The first-order valence-corrected chi connectivity index (χ1v) is 6.36. The van der Waals surface area contributed by atoms with Gasteiger partial charge < -0.3 is 10.1 Å². The molecule has 0 radical (unpaired) electrons. The zero-order valence-electron chi connectivity index (χ0n) is 10.3. The molecule has 0 aliphatic heterocycles. The first-order chi connectivity index (χ1) is 9.20. The third-order valence-corrected chi connectivity index (χ3v) is 3.18. The molecule has 0 aliphatic rings. The maximum atomic E-state index is 12.1. The molecule has 1 N–H and O–H groups in total. The Kier molecular flexibility index (Phi) is 4.46. The predicted octanol–water partition coefficient (Wildman–Crippen LogP) is 2.18. The number of carbonyl (C=O) groups is 1. The smallest absolute Gasteiger partial charge is 0.252 e. The number of benzene rings is 1. The Morgan fingerprint density at radius 3 is 2.95 bits per heavy atom. The van der Waals surface area contributed by atoms with Gasteiger partial charge in [-0.15, -0.1) is 0 Å². The van der Waals surface area contributed by atoms with Crippen molar-refractivity contribution in [1.82, 2.24) is 15.3 Å². The van der Waals surface area contributed by atoms with Gasteiger partial charge in [0, 0.05) is 10.7 Å². The second-order valence-electron chi connectivity index (χ2n) is 3.73. The van der Waals surface area contributed by atoms with Crippen LogP contribution in [0.1, 0.15) is 16.1 Å². The number of carbonyl (C=O) groups excluding carboxylic acids is 1. The largest absolute Gasteiger partial charge is 0.497 e. The molecule has 1 heterocycles. The van der Waals surface area contributed by atoms with Crippen LogP contribution < -0.4 is 10.1 Å². The predicted molar refractivity (Wildman–Crippen MR) is 73.9 cm³/mol. The van der Waals surface area contributed by atoms with E-state index in [1.54, 1.807) is 37.6 Å². The summed E-state index contributed by atoms with van der Waals surface area (Å²) < 4.78 is 5.82. The van der Waals surface area contributed by atoms with Crippen LogP contribution in [-0.2, 0) is 6.54 Å². The van der Waals surface area contributed by atoms with Crippen molar-refractivity contribution in [1.29, 1.82) is 0 Å². The molecule has 0 aliphatic carbocycles. The minimum atomic E-state index is -0.190. The first-order valence-electron chi connectivity index (χ1n) is 5.57. The lowest BCUT2D eigenvalue weighted by Crippen LogP contribution is -2.23. The topological polar surface area (TPSA) is 64.1 Å². The molecule has 0 atom stereocenters. The van der Waals surface area contributed by atoms with Gasteiger partial charge in [0.25, 0.3) is 5.91 Å². The van der Waals surface area contributed by atoms with Crippen LogP contribution in [0.25, 0.3) is 0 Å². The van der Waals surface area contributed by atoms with Gasteiger partial charge in [0.2, 0.25) is 0 Å². The standard InChI is InChI=1S/C13H12BrN3O2/c1-19-10-2-3-12(14)11(6-10)13(18)16-7-9-4-5-15-8-17-9/h2-6,8H,7H2,1H3,(H,16,18). The number of methoxy groups -OCH3 is 1. The van der Waals surface area contributed by atoms with E-state index in [-0.39, 0.29) is 5.91 Å². The Hall–Kier alpha value is -1.95. The van der Waals surface area contributed by atoms with Crippen LogP contribution >= 0.6 is 15.9 Å². The van der Waals surface area contributed by atoms with Crippen molar-refractivity contribution in [3.8, 4) is 5.75 Å². The second kappa shape index (κ2) is 6.29. The van der Waals surface area contributed by atoms with E-state index in [2.05, 4.69) is 31.2 Å². The third kappa shape index (κ3) is 3.51. The minimum Gasteiger partial charge on any atom is -0.497 e. The molecule has 0 bridgehead atoms. The van der Waals surface area contributed by atoms with E-state index >= 15 is 0 Å². The van der Waals surface area contributed by atoms with E-state index in [9.17, 15) is 4.79 Å². The molecule has 0 fully saturated rings. The Morgan fingerprint density at radius 1 is 1.42 bits per heavy atom. The lowest BCUT2D eigenvalue weighted by Gasteiger charge is -2.08. The summed E-state index contributed by atoms with van der Waals surface area (Å²) >= 11 is 3.34. The van der Waals surface area contributed by atoms with Crippen molar-refractivity contribution in [3.63, 3.8) is 0 Å². The Morgan fingerprint density at radius 2 is 2.26 bits per heavy atom. The molecule has 2 rings (SSSR count). The number of aromatic nitrogens is 2. The van der Waals surface area contributed by atoms with Gasteiger partial charge in [0.15, 0.2) is 0 Å². The van der Waals surface area contributed by atoms with Gasteiger partial charge in [-0.25, -0.2) is 9.97 Å². The number of nitrogens with zero attached hydrogens (tertiary/aromatic N) is 2. The fourth-order valence-electron chi connectivity index (χ4n) is 1.49. The number of nitrogens with one attached hydrogen (secondary N) is 1. The van der Waals surface area contributed by atoms with Crippen LogP contribution in [0, 0.1) is 0 Å². The van der Waals surface area contributed by atoms with Gasteiger partial charge in [-0.3, -0.25) is 4.79 Å². The monoisotopic (exact) mass is 321 g/mol. The van der Waals surface area contributed by atoms with Crippen molar-refractivity contribution >= 4 is 21.8 Å². The lowest BCUT2D eigenvalue weighted by molar-refractivity contribution is 0.0949. The maximum absolute atomic E-state index is 12.1. The highest BCUT2D eigenvalue weighted by Crippen LogP contribution is 2.22. The van der Waals surface area contributed by atoms with Gasteiger partial charge in [0.05, 0.1) is 24.9 Å². The normalized spacial score (nSPS) is 10.0. The fourth-order valence-corrected chi connectivity index (χ4v) is 1.92. The Balaban J connectivity index is 2.08. The average molecular weight is 322 g/mol. The SMILES string of the molecule is COc1ccc(Br)c(C(=O)NCc2ccncn2)c1. The molecule has 1 aromatic heterocycles. The van der Waals surface area contributed by atoms with Gasteiger partial charge in [-0.05, 0) is 40.2 Å². The number of halogens is 1. The third-order valence-electron chi connectivity index (χ3n) is 2.49. The molecule has 0 spiro atoms. The average Bonchev–Trinajstić information content (AvgIpc) is 2.46. The molecule has 98 valence electrons. The van der Waals surface area contributed by atoms with Crippen LogP contribution in [0.15, 0.2) is 41.3 Å². The van der Waals surface area contributed by atoms with Crippen LogP contribution in [-0.4, -0.2) is 23.0 Å². The fraction of sp³-hybridized carbons (Fsp3) is 0.154. The molecular formula is C13H12BrN3O2. The molecule has 0 unspecified atom stereocenters. The summed E-state index contributed by atoms with van der Waals surface area (Å²) in [5, 5.41) is 2.79. The van der Waals surface area contributed by atoms with Crippen LogP contribution in [0.2, 0.25) is 0 Å². The summed E-state index contributed by atoms with van der Waals surface area (Å²) in [5.74, 6) is 0.444. The van der Waals surface area contributed by atoms with Crippen LogP contribution in [0.3, 0.4) is 0 Å². The van der Waals surface area contributed by atoms with Crippen molar-refractivity contribution < 1.29 is 9.53 Å². The van der Waals surface area contributed by atoms with E-state index < -0.39 is 0 Å². The molecule has 0 saturated heterocycles. The van der Waals surface area contributed by atoms with E-state index in [4.69, 9.17) is 4.74 Å². The highest BCUT2D eigenvalue weighted by Gasteiger charge is 2.11. The van der Waals surface area contributed by atoms with Crippen LogP contribution in [0.5, 0.6) is 5.75 Å². The van der Waals surface area contributed by atoms with Crippen molar-refractivity contribution in [3.05, 3.63) is 52.5 Å². The summed E-state index contributed by atoms with van der Waals surface area (Å²) in [6.07, 6.45) is 3.08. The van der Waals surface area contributed by atoms with E-state index in [1.165, 1.54) is 6.33 Å². The number of amides is 1. The van der Waals surface area contributed by atoms with Crippen molar-refractivity contribution in [2.45, 2.75) is 6.54 Å². The zero-order valence-corrected chi connectivity index (χ0v) is 11.8. The number of hydrogen-bond acceptors (Lipinski definition) is 4. The lowest BCUT2D eigenvalue weighted by atomic mass is 10.2. The molecule has 2 aromatic rings. The molecule has 1 amide bonds. The first kappa shape index (κ1) is 13.5. The van der Waals surface area contributed by atoms with Crippen molar-refractivity contribution in [2.24, 2.45) is 0 Å². The summed E-state index contributed by atoms with van der Waals surface area (Å²) in [7, 11) is 1.56. The molecule has 6 heteroatoms. The maximum Gasteiger partial charge on any atom is 0.252 e. The van der Waals surface area contributed by atoms with E-state index in [0.29, 0.717) is 22.3 Å². The molecule has 0 saturated carbocycles. The second-order valence-corrected chi connectivity index (χ2v) is 4.58. The number of ether oxygens (including phenoxy) is 1. The molecule has 19 heavy (non-hydrogen) atoms. The summed E-state index contributed by atoms with van der Waals surface area (Å²) in [4.78, 5) is 19.9. The van der Waals surface area contributed by atoms with Gasteiger partial charge in [-0.2, -0.15) is 0 Å². The van der Waals surface area contributed by atoms with Crippen molar-refractivity contribution in [2.75, 3.05) is 7.11 Å². The number of rotatable bonds is 4. The van der Waals surface area contributed by atoms with E-state index in [1.807, 2.05) is 0 Å². The summed E-state index contributed by atoms with van der Waals surface area (Å²) in [6.45, 7) is 0.352. The quantitative estimate of drug-likeness (QED) is 0.937. The van der Waals surface area contributed by atoms with Crippen LogP contribution in [0.4, 0.5) is 0 Å². The summed E-state index contributed by atoms with van der Waals surface area (Å²) in [6, 6.07) is 6.99. The zero-order chi connectivity index (χ0) is 13.7. The van der Waals surface area contributed by atoms with Gasteiger partial charge in [-0.1, -0.05) is 0 Å². The molecule has 5 nitrogen and oxygen atoms in total. The minimum absolute atomic E-state index is 0.190. The molecule has 1 aromatic carbocycles. The Bertz CT molecular complexity index is 575. The van der Waals surface area contributed by atoms with E-state index in [0.717, 1.165) is 5.69 Å². The highest BCUT2D eigenvalue weighted by molar-refractivity contribution is 9.10. The number of hydrogen-bond donors (Lipinski definition) is 1. The highest BCUT2D eigenvalue weighted by atomic mass is 79.9. The van der Waals surface area contributed by atoms with Gasteiger partial charge in [0.1, 0.15) is 12.1 Å².